The van der Waals surface area contributed by atoms with Crippen LogP contribution in [-0.2, 0) is 10.4 Å². The van der Waals surface area contributed by atoms with Crippen molar-refractivity contribution in [1.29, 1.82) is 0 Å². The maximum absolute atomic E-state index is 14.1. The Bertz CT molecular complexity index is 672. The van der Waals surface area contributed by atoms with Crippen molar-refractivity contribution >= 4 is 5.97 Å². The van der Waals surface area contributed by atoms with Gasteiger partial charge in [0.25, 0.3) is 0 Å². The third kappa shape index (κ3) is 3.88. The largest absolute Gasteiger partial charge is 0.478 e. The van der Waals surface area contributed by atoms with E-state index in [4.69, 9.17) is 9.47 Å². The number of hydrogen-bond acceptors (Lipinski definition) is 4. The zero-order valence-electron chi connectivity index (χ0n) is 13.8. The molecule has 0 fully saturated rings. The standard InChI is InChI=1S/C17H21FN2O3/c1-5-22-15-11-14(17(3,4)18)19-20(15)13-9-7-12(8-10-13)16(21)23-6-2/h7-11H,5-6H2,1-4H3. The smallest absolute Gasteiger partial charge is 0.338 e. The first-order valence-corrected chi connectivity index (χ1v) is 7.56. The summed E-state index contributed by atoms with van der Waals surface area (Å²) in [6, 6.07) is 8.31. The monoisotopic (exact) mass is 320 g/mol. The number of esters is 1. The number of carbonyl (C=O) groups excluding carboxylic acids is 1. The summed E-state index contributed by atoms with van der Waals surface area (Å²) in [6.45, 7) is 7.26. The second kappa shape index (κ2) is 6.81. The minimum atomic E-state index is -1.57. The Balaban J connectivity index is 2.37. The molecule has 1 aromatic heterocycles. The summed E-state index contributed by atoms with van der Waals surface area (Å²) in [6.07, 6.45) is 0. The summed E-state index contributed by atoms with van der Waals surface area (Å²) in [7, 11) is 0. The van der Waals surface area contributed by atoms with Crippen molar-refractivity contribution < 1.29 is 18.7 Å². The molecule has 0 saturated carbocycles. The molecule has 0 amide bonds. The van der Waals surface area contributed by atoms with E-state index in [9.17, 15) is 9.18 Å². The highest BCUT2D eigenvalue weighted by Gasteiger charge is 2.25. The fourth-order valence-electron chi connectivity index (χ4n) is 2.04. The van der Waals surface area contributed by atoms with Crippen molar-refractivity contribution in [3.63, 3.8) is 0 Å². The Labute approximate surface area is 135 Å². The van der Waals surface area contributed by atoms with Crippen LogP contribution in [0.4, 0.5) is 4.39 Å². The summed E-state index contributed by atoms with van der Waals surface area (Å²) in [4.78, 5) is 11.7. The molecule has 2 aromatic rings. The Morgan fingerprint density at radius 2 is 1.87 bits per heavy atom. The van der Waals surface area contributed by atoms with E-state index >= 15 is 0 Å². The summed E-state index contributed by atoms with van der Waals surface area (Å²) < 4.78 is 26.1. The number of aromatic nitrogens is 2. The van der Waals surface area contributed by atoms with Gasteiger partial charge in [0.15, 0.2) is 0 Å². The molecule has 0 aliphatic heterocycles. The predicted molar refractivity (Wildman–Crippen MR) is 84.8 cm³/mol. The van der Waals surface area contributed by atoms with Gasteiger partial charge in [-0.05, 0) is 52.0 Å². The van der Waals surface area contributed by atoms with Crippen LogP contribution in [0.15, 0.2) is 30.3 Å². The van der Waals surface area contributed by atoms with Crippen molar-refractivity contribution in [2.75, 3.05) is 13.2 Å². The zero-order valence-corrected chi connectivity index (χ0v) is 13.8. The normalized spacial score (nSPS) is 11.3. The van der Waals surface area contributed by atoms with E-state index in [1.54, 1.807) is 37.3 Å². The highest BCUT2D eigenvalue weighted by Crippen LogP contribution is 2.29. The maximum Gasteiger partial charge on any atom is 0.338 e. The lowest BCUT2D eigenvalue weighted by Crippen LogP contribution is -2.11. The first-order valence-electron chi connectivity index (χ1n) is 7.56. The molecule has 6 heteroatoms. The molecule has 0 radical (unpaired) electrons. The van der Waals surface area contributed by atoms with Gasteiger partial charge in [0.05, 0.1) is 24.5 Å². The minimum Gasteiger partial charge on any atom is -0.478 e. The number of carbonyl (C=O) groups is 1. The Kier molecular flexibility index (Phi) is 5.03. The van der Waals surface area contributed by atoms with E-state index < -0.39 is 5.67 Å². The van der Waals surface area contributed by atoms with E-state index in [1.165, 1.54) is 18.5 Å². The van der Waals surface area contributed by atoms with Crippen LogP contribution in [0.25, 0.3) is 5.69 Å². The third-order valence-electron chi connectivity index (χ3n) is 3.20. The lowest BCUT2D eigenvalue weighted by atomic mass is 10.1. The summed E-state index contributed by atoms with van der Waals surface area (Å²) >= 11 is 0. The van der Waals surface area contributed by atoms with Crippen LogP contribution in [0.5, 0.6) is 5.88 Å². The molecule has 23 heavy (non-hydrogen) atoms. The third-order valence-corrected chi connectivity index (χ3v) is 3.20. The highest BCUT2D eigenvalue weighted by molar-refractivity contribution is 5.89. The molecule has 1 aromatic carbocycles. The lowest BCUT2D eigenvalue weighted by molar-refractivity contribution is 0.0526. The molecule has 0 N–H and O–H groups in total. The number of rotatable bonds is 6. The Morgan fingerprint density at radius 1 is 1.22 bits per heavy atom. The average molecular weight is 320 g/mol. The number of benzene rings is 1. The van der Waals surface area contributed by atoms with Crippen LogP contribution in [0.2, 0.25) is 0 Å². The van der Waals surface area contributed by atoms with Gasteiger partial charge in [0.1, 0.15) is 11.4 Å². The van der Waals surface area contributed by atoms with E-state index in [0.717, 1.165) is 0 Å². The van der Waals surface area contributed by atoms with Crippen molar-refractivity contribution in [3.8, 4) is 11.6 Å². The summed E-state index contributed by atoms with van der Waals surface area (Å²) in [5.41, 5.74) is -0.152. The van der Waals surface area contributed by atoms with Gasteiger partial charge in [-0.15, -0.1) is 0 Å². The van der Waals surface area contributed by atoms with Crippen LogP contribution >= 0.6 is 0 Å². The molecule has 0 aliphatic rings. The molecule has 0 spiro atoms. The second-order valence-corrected chi connectivity index (χ2v) is 5.45. The maximum atomic E-state index is 14.1. The summed E-state index contributed by atoms with van der Waals surface area (Å²) in [5.74, 6) is 0.0761. The number of nitrogens with zero attached hydrogens (tertiary/aromatic N) is 2. The average Bonchev–Trinajstić information content (AvgIpc) is 2.92. The number of halogens is 1. The molecule has 0 saturated heterocycles. The number of alkyl halides is 1. The molecule has 0 unspecified atom stereocenters. The van der Waals surface area contributed by atoms with Crippen LogP contribution in [-0.4, -0.2) is 29.0 Å². The molecular weight excluding hydrogens is 299 g/mol. The minimum absolute atomic E-state index is 0.287. The van der Waals surface area contributed by atoms with Crippen molar-refractivity contribution in [2.45, 2.75) is 33.4 Å². The fourth-order valence-corrected chi connectivity index (χ4v) is 2.04. The van der Waals surface area contributed by atoms with Gasteiger partial charge in [-0.1, -0.05) is 0 Å². The summed E-state index contributed by atoms with van der Waals surface area (Å²) in [5, 5.41) is 4.28. The van der Waals surface area contributed by atoms with E-state index in [-0.39, 0.29) is 11.7 Å². The molecule has 0 bridgehead atoms. The molecule has 1 heterocycles. The van der Waals surface area contributed by atoms with E-state index in [0.29, 0.717) is 30.3 Å². The number of hydrogen-bond donors (Lipinski definition) is 0. The van der Waals surface area contributed by atoms with Crippen molar-refractivity contribution in [1.82, 2.24) is 9.78 Å². The van der Waals surface area contributed by atoms with Gasteiger partial charge in [0, 0.05) is 6.07 Å². The van der Waals surface area contributed by atoms with E-state index in [1.807, 2.05) is 6.92 Å². The van der Waals surface area contributed by atoms with Crippen LogP contribution in [0, 0.1) is 0 Å². The Morgan fingerprint density at radius 3 is 2.39 bits per heavy atom. The molecule has 0 aliphatic carbocycles. The van der Waals surface area contributed by atoms with Gasteiger partial charge in [-0.3, -0.25) is 0 Å². The zero-order chi connectivity index (χ0) is 17.0. The molecule has 0 atom stereocenters. The number of ether oxygens (including phenoxy) is 2. The molecule has 2 rings (SSSR count). The fraction of sp³-hybridized carbons (Fsp3) is 0.412. The molecule has 124 valence electrons. The SMILES string of the molecule is CCOC(=O)c1ccc(-n2nc(C(C)(C)F)cc2OCC)cc1. The van der Waals surface area contributed by atoms with Crippen molar-refractivity contribution in [3.05, 3.63) is 41.6 Å². The van der Waals surface area contributed by atoms with Gasteiger partial charge in [-0.25, -0.2) is 13.9 Å². The van der Waals surface area contributed by atoms with Gasteiger partial charge in [0.2, 0.25) is 5.88 Å². The van der Waals surface area contributed by atoms with E-state index in [2.05, 4.69) is 5.10 Å². The van der Waals surface area contributed by atoms with Crippen LogP contribution in [0.3, 0.4) is 0 Å². The first kappa shape index (κ1) is 17.0. The van der Waals surface area contributed by atoms with Crippen LogP contribution < -0.4 is 4.74 Å². The second-order valence-electron chi connectivity index (χ2n) is 5.45. The van der Waals surface area contributed by atoms with Gasteiger partial charge in [-0.2, -0.15) is 5.10 Å². The lowest BCUT2D eigenvalue weighted by Gasteiger charge is -2.10. The van der Waals surface area contributed by atoms with Gasteiger partial charge >= 0.3 is 5.97 Å². The highest BCUT2D eigenvalue weighted by atomic mass is 19.1. The molecular formula is C17H21FN2O3. The van der Waals surface area contributed by atoms with Gasteiger partial charge < -0.3 is 9.47 Å². The Hall–Kier alpha value is -2.37. The van der Waals surface area contributed by atoms with Crippen molar-refractivity contribution in [2.24, 2.45) is 0 Å². The topological polar surface area (TPSA) is 53.4 Å². The first-order chi connectivity index (χ1) is 10.9. The predicted octanol–water partition coefficient (Wildman–Crippen LogP) is 3.65. The quantitative estimate of drug-likeness (QED) is 0.762. The molecule has 5 nitrogen and oxygen atoms in total. The van der Waals surface area contributed by atoms with Crippen LogP contribution in [0.1, 0.15) is 43.7 Å².